The molecule has 2 aromatic heterocycles. The number of primary amides is 1. The van der Waals surface area contributed by atoms with Gasteiger partial charge in [0.05, 0.1) is 29.7 Å². The first-order chi connectivity index (χ1) is 15.0. The lowest BCUT2D eigenvalue weighted by atomic mass is 10.1. The van der Waals surface area contributed by atoms with Crippen LogP contribution in [0.2, 0.25) is 0 Å². The van der Waals surface area contributed by atoms with Gasteiger partial charge in [-0.2, -0.15) is 0 Å². The van der Waals surface area contributed by atoms with Crippen molar-refractivity contribution in [2.24, 2.45) is 5.73 Å². The molecule has 0 bridgehead atoms. The van der Waals surface area contributed by atoms with Gasteiger partial charge in [0, 0.05) is 24.0 Å². The highest BCUT2D eigenvalue weighted by Crippen LogP contribution is 2.30. The summed E-state index contributed by atoms with van der Waals surface area (Å²) < 4.78 is 2.01. The van der Waals surface area contributed by atoms with Gasteiger partial charge in [0.2, 0.25) is 5.91 Å². The largest absolute Gasteiger partial charge is 0.370 e. The predicted molar refractivity (Wildman–Crippen MR) is 120 cm³/mol. The number of rotatable bonds is 7. The van der Waals surface area contributed by atoms with Crippen molar-refractivity contribution >= 4 is 28.4 Å². The Bertz CT molecular complexity index is 1180. The van der Waals surface area contributed by atoms with Crippen LogP contribution in [0.25, 0.3) is 21.6 Å². The van der Waals surface area contributed by atoms with Crippen molar-refractivity contribution in [3.63, 3.8) is 0 Å². The lowest BCUT2D eigenvalue weighted by Crippen LogP contribution is -2.27. The van der Waals surface area contributed by atoms with Crippen molar-refractivity contribution in [1.29, 1.82) is 0 Å². The van der Waals surface area contributed by atoms with Gasteiger partial charge in [-0.15, -0.1) is 0 Å². The summed E-state index contributed by atoms with van der Waals surface area (Å²) in [6, 6.07) is 9.27. The summed E-state index contributed by atoms with van der Waals surface area (Å²) in [5.74, 6) is -0.291. The minimum atomic E-state index is -0.358. The molecule has 1 aromatic carbocycles. The van der Waals surface area contributed by atoms with Gasteiger partial charge >= 0.3 is 0 Å². The van der Waals surface area contributed by atoms with Gasteiger partial charge in [0.1, 0.15) is 0 Å². The van der Waals surface area contributed by atoms with E-state index in [0.29, 0.717) is 29.7 Å². The molecule has 0 atom stereocenters. The smallest absolute Gasteiger partial charge is 0.217 e. The third kappa shape index (κ3) is 4.21. The Kier molecular flexibility index (Phi) is 5.83. The van der Waals surface area contributed by atoms with Crippen molar-refractivity contribution in [3.8, 4) is 5.69 Å². The number of aromatic nitrogens is 2. The van der Waals surface area contributed by atoms with E-state index < -0.39 is 0 Å². The molecular formula is C24H25N5O2. The van der Waals surface area contributed by atoms with Gasteiger partial charge in [0.15, 0.2) is 11.5 Å². The van der Waals surface area contributed by atoms with Gasteiger partial charge in [0.25, 0.3) is 0 Å². The molecule has 1 aliphatic heterocycles. The number of aryl methyl sites for hydroxylation is 1. The van der Waals surface area contributed by atoms with Crippen LogP contribution < -0.4 is 5.73 Å². The zero-order valence-electron chi connectivity index (χ0n) is 17.6. The monoisotopic (exact) mass is 415 g/mol. The summed E-state index contributed by atoms with van der Waals surface area (Å²) in [4.78, 5) is 34.8. The highest BCUT2D eigenvalue weighted by Gasteiger charge is 2.25. The number of ketones is 1. The first-order valence-electron chi connectivity index (χ1n) is 10.5. The van der Waals surface area contributed by atoms with E-state index >= 15 is 0 Å². The van der Waals surface area contributed by atoms with Gasteiger partial charge in [-0.05, 0) is 63.0 Å². The molecule has 31 heavy (non-hydrogen) atoms. The fraction of sp³-hybridized carbons (Fsp3) is 0.333. The van der Waals surface area contributed by atoms with Crippen LogP contribution in [0.1, 0.15) is 40.9 Å². The number of nitrogens with zero attached hydrogens (tertiary/aromatic N) is 4. The van der Waals surface area contributed by atoms with Crippen molar-refractivity contribution < 1.29 is 9.59 Å². The molecule has 2 N–H and O–H groups in total. The van der Waals surface area contributed by atoms with E-state index in [1.165, 1.54) is 0 Å². The predicted octanol–water partition coefficient (Wildman–Crippen LogP) is 3.58. The van der Waals surface area contributed by atoms with Gasteiger partial charge in [-0.3, -0.25) is 19.5 Å². The molecule has 7 nitrogen and oxygen atoms in total. The number of benzene rings is 1. The number of pyridine rings is 1. The van der Waals surface area contributed by atoms with Crippen LogP contribution in [-0.2, 0) is 11.2 Å². The zero-order chi connectivity index (χ0) is 22.0. The number of amides is 1. The van der Waals surface area contributed by atoms with Crippen LogP contribution in [0.3, 0.4) is 0 Å². The van der Waals surface area contributed by atoms with Crippen LogP contribution in [0.4, 0.5) is 5.69 Å². The summed E-state index contributed by atoms with van der Waals surface area (Å²) in [5, 5.41) is 0. The van der Waals surface area contributed by atoms with Crippen molar-refractivity contribution in [2.75, 3.05) is 19.6 Å². The maximum Gasteiger partial charge on any atom is 0.217 e. The van der Waals surface area contributed by atoms with Crippen LogP contribution in [-0.4, -0.2) is 45.8 Å². The van der Waals surface area contributed by atoms with E-state index in [1.54, 1.807) is 18.3 Å². The van der Waals surface area contributed by atoms with Crippen LogP contribution in [0.15, 0.2) is 36.5 Å². The first-order valence-corrected chi connectivity index (χ1v) is 10.5. The number of fused-ring (bicyclic) bond motifs is 1. The zero-order valence-corrected chi connectivity index (χ0v) is 17.6. The van der Waals surface area contributed by atoms with Gasteiger partial charge < -0.3 is 10.3 Å². The summed E-state index contributed by atoms with van der Waals surface area (Å²) in [6.45, 7) is 11.4. The number of Topliss-reactive ketones (excluding diaryl/α,β-unsaturated/α-hetero) is 1. The van der Waals surface area contributed by atoms with E-state index in [9.17, 15) is 9.59 Å². The number of nitrogens with two attached hydrogens (primary N) is 1. The minimum absolute atomic E-state index is 0.0679. The summed E-state index contributed by atoms with van der Waals surface area (Å²) >= 11 is 0. The van der Waals surface area contributed by atoms with E-state index in [1.807, 2.05) is 29.7 Å². The third-order valence-corrected chi connectivity index (χ3v) is 5.84. The molecule has 158 valence electrons. The molecule has 1 fully saturated rings. The second-order valence-electron chi connectivity index (χ2n) is 8.01. The van der Waals surface area contributed by atoms with Crippen LogP contribution >= 0.6 is 0 Å². The Balaban J connectivity index is 1.82. The average molecular weight is 415 g/mol. The summed E-state index contributed by atoms with van der Waals surface area (Å²) in [6.07, 6.45) is 4.72. The fourth-order valence-corrected chi connectivity index (χ4v) is 4.29. The molecular weight excluding hydrogens is 390 g/mol. The van der Waals surface area contributed by atoms with E-state index in [2.05, 4.69) is 14.7 Å². The SMILES string of the molecule is [C-]#[N+]c1ccc(-n2c(C)c(C(=O)CN3CCCC3)c3ncc(CCC(N)=O)cc32)cc1. The Hall–Kier alpha value is -3.50. The summed E-state index contributed by atoms with van der Waals surface area (Å²) in [5.41, 5.74) is 10.6. The molecule has 4 rings (SSSR count). The number of carbonyl (C=O) groups excluding carboxylic acids is 2. The molecule has 7 heteroatoms. The highest BCUT2D eigenvalue weighted by molar-refractivity contribution is 6.09. The molecule has 0 aliphatic carbocycles. The first kappa shape index (κ1) is 20.8. The molecule has 0 spiro atoms. The molecule has 1 saturated heterocycles. The summed E-state index contributed by atoms with van der Waals surface area (Å²) in [7, 11) is 0. The van der Waals surface area contributed by atoms with E-state index in [4.69, 9.17) is 12.3 Å². The molecule has 0 unspecified atom stereocenters. The van der Waals surface area contributed by atoms with Gasteiger partial charge in [-0.1, -0.05) is 12.1 Å². The van der Waals surface area contributed by atoms with Crippen molar-refractivity contribution in [1.82, 2.24) is 14.5 Å². The maximum absolute atomic E-state index is 13.3. The Labute approximate surface area is 181 Å². The minimum Gasteiger partial charge on any atom is -0.370 e. The molecule has 1 aliphatic rings. The number of likely N-dealkylation sites (tertiary alicyclic amines) is 1. The lowest BCUT2D eigenvalue weighted by Gasteiger charge is -2.13. The van der Waals surface area contributed by atoms with Crippen molar-refractivity contribution in [3.05, 3.63) is 64.8 Å². The normalized spacial score (nSPS) is 14.1. The second-order valence-corrected chi connectivity index (χ2v) is 8.01. The fourth-order valence-electron chi connectivity index (χ4n) is 4.29. The number of hydrogen-bond donors (Lipinski definition) is 1. The van der Waals surface area contributed by atoms with Crippen LogP contribution in [0.5, 0.6) is 0 Å². The topological polar surface area (TPSA) is 85.6 Å². The van der Waals surface area contributed by atoms with Crippen LogP contribution in [0, 0.1) is 13.5 Å². The van der Waals surface area contributed by atoms with E-state index in [0.717, 1.165) is 48.4 Å². The Morgan fingerprint density at radius 2 is 1.90 bits per heavy atom. The molecule has 3 heterocycles. The Morgan fingerprint density at radius 1 is 1.19 bits per heavy atom. The molecule has 0 radical (unpaired) electrons. The average Bonchev–Trinajstić information content (AvgIpc) is 3.37. The molecule has 3 aromatic rings. The molecule has 0 saturated carbocycles. The number of hydrogen-bond acceptors (Lipinski definition) is 4. The van der Waals surface area contributed by atoms with E-state index in [-0.39, 0.29) is 18.1 Å². The Morgan fingerprint density at radius 3 is 2.55 bits per heavy atom. The quantitative estimate of drug-likeness (QED) is 0.472. The van der Waals surface area contributed by atoms with Crippen molar-refractivity contribution in [2.45, 2.75) is 32.6 Å². The number of carbonyl (C=O) groups is 2. The lowest BCUT2D eigenvalue weighted by molar-refractivity contribution is -0.117. The van der Waals surface area contributed by atoms with Gasteiger partial charge in [-0.25, -0.2) is 4.85 Å². The molecule has 1 amide bonds. The second kappa shape index (κ2) is 8.70. The maximum atomic E-state index is 13.3. The highest BCUT2D eigenvalue weighted by atomic mass is 16.1. The third-order valence-electron chi connectivity index (χ3n) is 5.84. The standard InChI is InChI=1S/C24H25N5O2/c1-16-23(21(30)15-28-11-3-4-12-28)24-20(13-17(14-27-24)5-10-22(25)31)29(16)19-8-6-18(26-2)7-9-19/h6-9,13-14H,3-5,10-12,15H2,1H3,(H2,25,31).